The molecule has 0 fully saturated rings. The molecule has 5 nitrogen and oxygen atoms in total. The van der Waals surface area contributed by atoms with Crippen LogP contribution in [-0.2, 0) is 16.1 Å². The predicted molar refractivity (Wildman–Crippen MR) is 62.3 cm³/mol. The Morgan fingerprint density at radius 1 is 1.67 bits per heavy atom. The number of carbonyl (C=O) groups excluding carboxylic acids is 1. The van der Waals surface area contributed by atoms with E-state index in [1.54, 1.807) is 7.11 Å². The quantitative estimate of drug-likeness (QED) is 0.841. The summed E-state index contributed by atoms with van der Waals surface area (Å²) in [4.78, 5) is 11.3. The minimum Gasteiger partial charge on any atom is -0.377 e. The van der Waals surface area contributed by atoms with Gasteiger partial charge in [0.15, 0.2) is 0 Å². The van der Waals surface area contributed by atoms with Crippen molar-refractivity contribution in [3.05, 3.63) is 5.01 Å². The maximum Gasteiger partial charge on any atom is 0.239 e. The molecule has 0 radical (unpaired) electrons. The topological polar surface area (TPSA) is 64.1 Å². The molecule has 1 amide bonds. The van der Waals surface area contributed by atoms with Crippen molar-refractivity contribution < 1.29 is 9.53 Å². The normalized spacial score (nSPS) is 12.5. The summed E-state index contributed by atoms with van der Waals surface area (Å²) in [5, 5.41) is 11.6. The Labute approximate surface area is 100 Å². The van der Waals surface area contributed by atoms with Crippen molar-refractivity contribution in [3.63, 3.8) is 0 Å². The number of ether oxygens (including phenoxy) is 1. The first-order valence-electron chi connectivity index (χ1n) is 4.43. The summed E-state index contributed by atoms with van der Waals surface area (Å²) in [7, 11) is 1.59. The van der Waals surface area contributed by atoms with Gasteiger partial charge in [0.25, 0.3) is 0 Å². The number of amides is 1. The van der Waals surface area contributed by atoms with E-state index < -0.39 is 0 Å². The van der Waals surface area contributed by atoms with E-state index in [0.717, 1.165) is 11.4 Å². The standard InChI is InChI=1S/C8H12BrN3O2S/c1-3-5(9)7(13)10-8-12-11-6(15-8)4-14-2/h5H,3-4H2,1-2H3,(H,10,12,13)/t5-/m0/s1. The van der Waals surface area contributed by atoms with Crippen LogP contribution in [0.5, 0.6) is 0 Å². The molecule has 0 saturated heterocycles. The predicted octanol–water partition coefficient (Wildman–Crippen LogP) is 1.80. The largest absolute Gasteiger partial charge is 0.377 e. The highest BCUT2D eigenvalue weighted by Gasteiger charge is 2.14. The molecule has 15 heavy (non-hydrogen) atoms. The molecule has 1 atom stereocenters. The van der Waals surface area contributed by atoms with E-state index in [4.69, 9.17) is 4.74 Å². The van der Waals surface area contributed by atoms with Gasteiger partial charge in [-0.2, -0.15) is 0 Å². The van der Waals surface area contributed by atoms with Gasteiger partial charge >= 0.3 is 0 Å². The number of hydrogen-bond donors (Lipinski definition) is 1. The lowest BCUT2D eigenvalue weighted by Crippen LogP contribution is -2.21. The zero-order chi connectivity index (χ0) is 11.3. The van der Waals surface area contributed by atoms with Crippen molar-refractivity contribution in [1.82, 2.24) is 10.2 Å². The minimum absolute atomic E-state index is 0.0994. The molecule has 0 saturated carbocycles. The summed E-state index contributed by atoms with van der Waals surface area (Å²) >= 11 is 4.57. The highest BCUT2D eigenvalue weighted by molar-refractivity contribution is 9.10. The van der Waals surface area contributed by atoms with Crippen LogP contribution in [0.4, 0.5) is 5.13 Å². The molecule has 0 aliphatic carbocycles. The Morgan fingerprint density at radius 3 is 3.00 bits per heavy atom. The average molecular weight is 294 g/mol. The molecule has 0 aliphatic heterocycles. The van der Waals surface area contributed by atoms with Gasteiger partial charge < -0.3 is 4.74 Å². The van der Waals surface area contributed by atoms with E-state index in [1.807, 2.05) is 6.92 Å². The van der Waals surface area contributed by atoms with Crippen molar-refractivity contribution in [2.75, 3.05) is 12.4 Å². The van der Waals surface area contributed by atoms with Crippen LogP contribution in [0, 0.1) is 0 Å². The highest BCUT2D eigenvalue weighted by Crippen LogP contribution is 2.17. The molecule has 1 aromatic rings. The lowest BCUT2D eigenvalue weighted by Gasteiger charge is -2.04. The molecule has 0 bridgehead atoms. The third-order valence-corrected chi connectivity index (χ3v) is 3.48. The van der Waals surface area contributed by atoms with Crippen molar-refractivity contribution in [3.8, 4) is 0 Å². The van der Waals surface area contributed by atoms with E-state index in [2.05, 4.69) is 31.4 Å². The summed E-state index contributed by atoms with van der Waals surface area (Å²) in [6.07, 6.45) is 0.732. The maximum absolute atomic E-state index is 11.5. The number of alkyl halides is 1. The zero-order valence-electron chi connectivity index (χ0n) is 8.49. The molecule has 1 heterocycles. The van der Waals surface area contributed by atoms with Crippen LogP contribution >= 0.6 is 27.3 Å². The molecule has 0 aromatic carbocycles. The van der Waals surface area contributed by atoms with Gasteiger partial charge in [-0.3, -0.25) is 10.1 Å². The fourth-order valence-electron chi connectivity index (χ4n) is 0.855. The third-order valence-electron chi connectivity index (χ3n) is 1.61. The van der Waals surface area contributed by atoms with E-state index in [1.165, 1.54) is 11.3 Å². The lowest BCUT2D eigenvalue weighted by molar-refractivity contribution is -0.115. The van der Waals surface area contributed by atoms with Gasteiger partial charge in [-0.15, -0.1) is 10.2 Å². The Hall–Kier alpha value is -0.530. The number of carbonyl (C=O) groups is 1. The van der Waals surface area contributed by atoms with Gasteiger partial charge in [0.2, 0.25) is 11.0 Å². The second-order valence-corrected chi connectivity index (χ2v) is 4.97. The lowest BCUT2D eigenvalue weighted by atomic mass is 10.3. The minimum atomic E-state index is -0.188. The molecular formula is C8H12BrN3O2S. The fraction of sp³-hybridized carbons (Fsp3) is 0.625. The fourth-order valence-corrected chi connectivity index (χ4v) is 1.68. The van der Waals surface area contributed by atoms with E-state index in [9.17, 15) is 4.79 Å². The first-order valence-corrected chi connectivity index (χ1v) is 6.16. The average Bonchev–Trinajstić information content (AvgIpc) is 2.65. The third kappa shape index (κ3) is 3.84. The van der Waals surface area contributed by atoms with E-state index in [-0.39, 0.29) is 10.7 Å². The van der Waals surface area contributed by atoms with Gasteiger partial charge in [-0.05, 0) is 6.42 Å². The molecule has 84 valence electrons. The summed E-state index contributed by atoms with van der Waals surface area (Å²) in [6.45, 7) is 2.34. The Morgan fingerprint density at radius 2 is 2.40 bits per heavy atom. The van der Waals surface area contributed by atoms with Crippen LogP contribution in [0.25, 0.3) is 0 Å². The number of hydrogen-bond acceptors (Lipinski definition) is 5. The second kappa shape index (κ2) is 6.14. The summed E-state index contributed by atoms with van der Waals surface area (Å²) in [5.74, 6) is -0.0994. The zero-order valence-corrected chi connectivity index (χ0v) is 10.9. The van der Waals surface area contributed by atoms with E-state index in [0.29, 0.717) is 11.7 Å². The van der Waals surface area contributed by atoms with Crippen LogP contribution < -0.4 is 5.32 Å². The smallest absolute Gasteiger partial charge is 0.239 e. The molecule has 7 heteroatoms. The van der Waals surface area contributed by atoms with Gasteiger partial charge in [0, 0.05) is 7.11 Å². The Bertz CT molecular complexity index is 331. The Kier molecular flexibility index (Phi) is 5.13. The number of anilines is 1. The molecule has 0 aliphatic rings. The number of nitrogens with one attached hydrogen (secondary N) is 1. The van der Waals surface area contributed by atoms with Gasteiger partial charge in [-0.1, -0.05) is 34.2 Å². The maximum atomic E-state index is 11.5. The number of nitrogens with zero attached hydrogens (tertiary/aromatic N) is 2. The summed E-state index contributed by atoms with van der Waals surface area (Å²) in [6, 6.07) is 0. The van der Waals surface area contributed by atoms with Gasteiger partial charge in [0.05, 0.1) is 4.83 Å². The van der Waals surface area contributed by atoms with Crippen LogP contribution in [0.1, 0.15) is 18.4 Å². The monoisotopic (exact) mass is 293 g/mol. The van der Waals surface area contributed by atoms with Crippen LogP contribution in [-0.4, -0.2) is 28.0 Å². The number of aromatic nitrogens is 2. The van der Waals surface area contributed by atoms with Crippen molar-refractivity contribution in [2.45, 2.75) is 24.8 Å². The highest BCUT2D eigenvalue weighted by atomic mass is 79.9. The second-order valence-electron chi connectivity index (χ2n) is 2.80. The first-order chi connectivity index (χ1) is 7.17. The molecular weight excluding hydrogens is 282 g/mol. The first kappa shape index (κ1) is 12.5. The summed E-state index contributed by atoms with van der Waals surface area (Å²) < 4.78 is 4.90. The summed E-state index contributed by atoms with van der Waals surface area (Å²) in [5.41, 5.74) is 0. The molecule has 1 rings (SSSR count). The number of halogens is 1. The number of rotatable bonds is 5. The van der Waals surface area contributed by atoms with Gasteiger partial charge in [0.1, 0.15) is 11.6 Å². The SMILES string of the molecule is CC[C@H](Br)C(=O)Nc1nnc(COC)s1. The van der Waals surface area contributed by atoms with Crippen molar-refractivity contribution in [1.29, 1.82) is 0 Å². The number of methoxy groups -OCH3 is 1. The molecule has 0 spiro atoms. The van der Waals surface area contributed by atoms with E-state index >= 15 is 0 Å². The molecule has 1 aromatic heterocycles. The van der Waals surface area contributed by atoms with Crippen LogP contribution in [0.3, 0.4) is 0 Å². The Balaban J connectivity index is 2.53. The van der Waals surface area contributed by atoms with Crippen LogP contribution in [0.15, 0.2) is 0 Å². The molecule has 0 unspecified atom stereocenters. The van der Waals surface area contributed by atoms with Crippen LogP contribution in [0.2, 0.25) is 0 Å². The van der Waals surface area contributed by atoms with Crippen molar-refractivity contribution in [2.24, 2.45) is 0 Å². The molecule has 1 N–H and O–H groups in total. The van der Waals surface area contributed by atoms with Crippen molar-refractivity contribution >= 4 is 38.3 Å². The van der Waals surface area contributed by atoms with Gasteiger partial charge in [-0.25, -0.2) is 0 Å².